The summed E-state index contributed by atoms with van der Waals surface area (Å²) in [4.78, 5) is 23.5. The van der Waals surface area contributed by atoms with Gasteiger partial charge in [-0.25, -0.2) is 9.97 Å². The Hall–Kier alpha value is -4.05. The van der Waals surface area contributed by atoms with E-state index in [1.54, 1.807) is 18.5 Å². The number of aromatic nitrogens is 2. The number of hydrogen-bond donors (Lipinski definition) is 1. The fourth-order valence-corrected chi connectivity index (χ4v) is 5.96. The number of carboxylic acids is 1. The largest absolute Gasteiger partial charge is 1.00 e. The van der Waals surface area contributed by atoms with E-state index in [4.69, 9.17) is 19.3 Å². The number of carbonyl (C=O) groups is 1. The van der Waals surface area contributed by atoms with Crippen LogP contribution in [0.2, 0.25) is 0 Å². The molecule has 0 atom stereocenters. The molecule has 1 aliphatic rings. The van der Waals surface area contributed by atoms with E-state index in [1.165, 1.54) is 24.1 Å². The molecule has 4 aromatic rings. The SMILES string of the molecule is COc1ccc(C(C)C)cc1-c1ccc(C(F)(F)F)cc1CN(Cc1cc(OCCCC(=O)O)cc(C(F)(F)F)c1)c1ncc(N2CCOCC2)cn1.[H-].[Na+]. The van der Waals surface area contributed by atoms with Crippen LogP contribution >= 0.6 is 0 Å². The number of anilines is 2. The fraction of sp³-hybridized carbons (Fsp3) is 0.395. The van der Waals surface area contributed by atoms with Gasteiger partial charge in [-0.1, -0.05) is 26.0 Å². The summed E-state index contributed by atoms with van der Waals surface area (Å²) < 4.78 is 102. The zero-order valence-corrected chi connectivity index (χ0v) is 32.4. The summed E-state index contributed by atoms with van der Waals surface area (Å²) in [6, 6.07) is 12.0. The maximum atomic E-state index is 14.2. The van der Waals surface area contributed by atoms with Crippen LogP contribution in [0.5, 0.6) is 11.5 Å². The molecule has 1 N–H and O–H groups in total. The molecule has 5 rings (SSSR count). The molecule has 0 saturated carbocycles. The van der Waals surface area contributed by atoms with Crippen molar-refractivity contribution >= 4 is 17.6 Å². The Labute approximate surface area is 333 Å². The van der Waals surface area contributed by atoms with Gasteiger partial charge in [-0.05, 0) is 77.1 Å². The first-order chi connectivity index (χ1) is 25.1. The van der Waals surface area contributed by atoms with Crippen LogP contribution < -0.4 is 48.8 Å². The number of rotatable bonds is 14. The van der Waals surface area contributed by atoms with Gasteiger partial charge in [0.15, 0.2) is 0 Å². The van der Waals surface area contributed by atoms with Crippen LogP contribution in [0.1, 0.15) is 61.9 Å². The van der Waals surface area contributed by atoms with E-state index in [-0.39, 0.29) is 92.3 Å². The predicted molar refractivity (Wildman–Crippen MR) is 187 cm³/mol. The maximum Gasteiger partial charge on any atom is 1.00 e. The Kier molecular flexibility index (Phi) is 14.6. The molecular formula is C38H41F6N4NaO5. The standard InChI is InChI=1S/C38H40F6N4O5.Na.H/c1-24(2)26-6-9-34(51-3)33(18-26)32-8-7-28(37(39,40)41)17-27(32)23-48(36-45-20-30(21-46-36)47-10-13-52-14-11-47)22-25-15-29(38(42,43)44)19-31(16-25)53-12-4-5-35(49)50;;/h6-9,15-21,24H,4-5,10-14,22-23H2,1-3H3,(H,49,50);;/q;+1;-1. The van der Waals surface area contributed by atoms with Crippen molar-refractivity contribution in [2.75, 3.05) is 49.8 Å². The molecule has 0 bridgehead atoms. The van der Waals surface area contributed by atoms with Crippen molar-refractivity contribution in [2.45, 2.75) is 58.0 Å². The van der Waals surface area contributed by atoms with Gasteiger partial charge < -0.3 is 30.5 Å². The van der Waals surface area contributed by atoms with Gasteiger partial charge in [-0.15, -0.1) is 0 Å². The summed E-state index contributed by atoms with van der Waals surface area (Å²) in [5.41, 5.74) is 0.977. The van der Waals surface area contributed by atoms with E-state index < -0.39 is 29.4 Å². The number of halogens is 6. The number of aliphatic carboxylic acids is 1. The molecule has 2 heterocycles. The number of hydrogen-bond acceptors (Lipinski definition) is 8. The van der Waals surface area contributed by atoms with E-state index in [1.807, 2.05) is 30.9 Å². The van der Waals surface area contributed by atoms with Crippen molar-refractivity contribution in [3.05, 3.63) is 94.8 Å². The zero-order valence-electron chi connectivity index (χ0n) is 31.4. The molecular weight excluding hydrogens is 729 g/mol. The van der Waals surface area contributed by atoms with Gasteiger partial charge in [0, 0.05) is 38.2 Å². The Morgan fingerprint density at radius 3 is 2.22 bits per heavy atom. The molecule has 54 heavy (non-hydrogen) atoms. The third-order valence-corrected chi connectivity index (χ3v) is 8.73. The number of ether oxygens (including phenoxy) is 3. The van der Waals surface area contributed by atoms with Gasteiger partial charge >= 0.3 is 47.9 Å². The summed E-state index contributed by atoms with van der Waals surface area (Å²) in [6.07, 6.45) is -6.50. The van der Waals surface area contributed by atoms with Crippen molar-refractivity contribution in [1.29, 1.82) is 0 Å². The molecule has 1 fully saturated rings. The smallest absolute Gasteiger partial charge is 1.00 e. The molecule has 1 aliphatic heterocycles. The van der Waals surface area contributed by atoms with Gasteiger partial charge in [0.25, 0.3) is 0 Å². The second kappa shape index (κ2) is 18.5. The third kappa shape index (κ3) is 11.2. The minimum absolute atomic E-state index is 0. The van der Waals surface area contributed by atoms with E-state index >= 15 is 0 Å². The number of benzene rings is 3. The van der Waals surface area contributed by atoms with E-state index in [0.29, 0.717) is 48.9 Å². The van der Waals surface area contributed by atoms with Crippen LogP contribution in [0, 0.1) is 0 Å². The van der Waals surface area contributed by atoms with E-state index in [2.05, 4.69) is 9.97 Å². The van der Waals surface area contributed by atoms with Crippen molar-refractivity contribution in [3.8, 4) is 22.6 Å². The quantitative estimate of drug-likeness (QED) is 0.0983. The summed E-state index contributed by atoms with van der Waals surface area (Å²) in [6.45, 7) is 5.52. The van der Waals surface area contributed by atoms with E-state index in [0.717, 1.165) is 29.8 Å². The second-order valence-corrected chi connectivity index (χ2v) is 12.9. The Morgan fingerprint density at radius 2 is 1.61 bits per heavy atom. The van der Waals surface area contributed by atoms with Crippen molar-refractivity contribution < 1.29 is 81.4 Å². The van der Waals surface area contributed by atoms with Gasteiger partial charge in [-0.3, -0.25) is 4.79 Å². The maximum absolute atomic E-state index is 14.2. The molecule has 16 heteroatoms. The number of carboxylic acid groups (broad SMARTS) is 1. The van der Waals surface area contributed by atoms with E-state index in [9.17, 15) is 31.1 Å². The monoisotopic (exact) mass is 770 g/mol. The van der Waals surface area contributed by atoms with Crippen LogP contribution in [0.3, 0.4) is 0 Å². The molecule has 3 aromatic carbocycles. The first kappa shape index (κ1) is 42.7. The second-order valence-electron chi connectivity index (χ2n) is 12.9. The van der Waals surface area contributed by atoms with Gasteiger partial charge in [0.2, 0.25) is 5.95 Å². The van der Waals surface area contributed by atoms with Crippen LogP contribution in [0.4, 0.5) is 38.0 Å². The van der Waals surface area contributed by atoms with Crippen molar-refractivity contribution in [3.63, 3.8) is 0 Å². The topological polar surface area (TPSA) is 97.2 Å². The Morgan fingerprint density at radius 1 is 0.926 bits per heavy atom. The first-order valence-electron chi connectivity index (χ1n) is 17.0. The number of morpholine rings is 1. The van der Waals surface area contributed by atoms with Gasteiger partial charge in [0.1, 0.15) is 11.5 Å². The predicted octanol–water partition coefficient (Wildman–Crippen LogP) is 5.72. The minimum Gasteiger partial charge on any atom is -1.00 e. The van der Waals surface area contributed by atoms with Crippen LogP contribution in [-0.4, -0.2) is 61.1 Å². The van der Waals surface area contributed by atoms with Gasteiger partial charge in [-0.2, -0.15) is 26.3 Å². The number of nitrogens with zero attached hydrogens (tertiary/aromatic N) is 4. The van der Waals surface area contributed by atoms with Crippen molar-refractivity contribution in [1.82, 2.24) is 9.97 Å². The molecule has 0 amide bonds. The van der Waals surface area contributed by atoms with Gasteiger partial charge in [0.05, 0.1) is 56.1 Å². The van der Waals surface area contributed by atoms with Crippen LogP contribution in [0.25, 0.3) is 11.1 Å². The molecule has 1 saturated heterocycles. The molecule has 0 unspecified atom stereocenters. The fourth-order valence-electron chi connectivity index (χ4n) is 5.96. The third-order valence-electron chi connectivity index (χ3n) is 8.73. The van der Waals surface area contributed by atoms with Crippen molar-refractivity contribution in [2.24, 2.45) is 0 Å². The summed E-state index contributed by atoms with van der Waals surface area (Å²) in [5.74, 6) is -0.631. The molecule has 0 radical (unpaired) electrons. The molecule has 1 aromatic heterocycles. The molecule has 286 valence electrons. The summed E-state index contributed by atoms with van der Waals surface area (Å²) in [7, 11) is 1.46. The molecule has 0 aliphatic carbocycles. The normalized spacial score (nSPS) is 13.4. The van der Waals surface area contributed by atoms with Crippen LogP contribution in [0.15, 0.2) is 67.0 Å². The zero-order chi connectivity index (χ0) is 38.3. The average molecular weight is 771 g/mol. The molecule has 0 spiro atoms. The summed E-state index contributed by atoms with van der Waals surface area (Å²) in [5, 5.41) is 8.95. The Bertz CT molecular complexity index is 1880. The number of methoxy groups -OCH3 is 1. The first-order valence-corrected chi connectivity index (χ1v) is 17.0. The molecule has 9 nitrogen and oxygen atoms in total. The Balaban J connectivity index is 0.00000406. The van der Waals surface area contributed by atoms with Crippen LogP contribution in [-0.2, 0) is 35.0 Å². The minimum atomic E-state index is -4.76. The summed E-state index contributed by atoms with van der Waals surface area (Å²) >= 11 is 0. The average Bonchev–Trinajstić information content (AvgIpc) is 3.12. The number of alkyl halides is 6.